The first-order chi connectivity index (χ1) is 14.0. The summed E-state index contributed by atoms with van der Waals surface area (Å²) in [6, 6.07) is 16.1. The summed E-state index contributed by atoms with van der Waals surface area (Å²) in [5.41, 5.74) is 4.02. The molecule has 1 unspecified atom stereocenters. The lowest BCUT2D eigenvalue weighted by Gasteiger charge is -2.29. The lowest BCUT2D eigenvalue weighted by molar-refractivity contribution is -0.120. The lowest BCUT2D eigenvalue weighted by Crippen LogP contribution is -2.31. The maximum atomic E-state index is 13.2. The van der Waals surface area contributed by atoms with Crippen molar-refractivity contribution < 1.29 is 9.18 Å². The highest BCUT2D eigenvalue weighted by molar-refractivity contribution is 5.78. The summed E-state index contributed by atoms with van der Waals surface area (Å²) in [7, 11) is 0. The van der Waals surface area contributed by atoms with Crippen LogP contribution in [0.3, 0.4) is 0 Å². The first kappa shape index (κ1) is 19.1. The Balaban J connectivity index is 1.36. The molecule has 148 valence electrons. The van der Waals surface area contributed by atoms with Gasteiger partial charge in [-0.15, -0.1) is 0 Å². The van der Waals surface area contributed by atoms with E-state index in [0.717, 1.165) is 35.3 Å². The number of hydrogen-bond acceptors (Lipinski definition) is 2. The lowest BCUT2D eigenvalue weighted by atomic mass is 9.77. The largest absolute Gasteiger partial charge is 0.356 e. The molecule has 1 heterocycles. The number of carbonyl (C=O) groups is 1. The third kappa shape index (κ3) is 4.45. The highest BCUT2D eigenvalue weighted by Crippen LogP contribution is 2.35. The molecule has 0 saturated heterocycles. The molecule has 0 fully saturated rings. The number of nitrogens with one attached hydrogen (secondary N) is 1. The zero-order valence-electron chi connectivity index (χ0n) is 16.4. The number of nitrogens with zero attached hydrogens (tertiary/aromatic N) is 2. The second kappa shape index (κ2) is 8.03. The standard InChI is InChI=1S/C24H24FN3O/c1-24(13-14-26-23(29)15-18-5-3-2-4-6-18)12-11-22-19(16-24)17-27-28(22)21-9-7-20(25)8-10-21/h2-12,17H,13-16H2,1H3,(H,26,29). The summed E-state index contributed by atoms with van der Waals surface area (Å²) in [4.78, 5) is 12.2. The smallest absolute Gasteiger partial charge is 0.224 e. The van der Waals surface area contributed by atoms with E-state index in [1.54, 1.807) is 12.1 Å². The van der Waals surface area contributed by atoms with E-state index < -0.39 is 0 Å². The first-order valence-corrected chi connectivity index (χ1v) is 9.85. The van der Waals surface area contributed by atoms with Crippen LogP contribution in [0.5, 0.6) is 0 Å². The Kier molecular flexibility index (Phi) is 5.30. The Morgan fingerprint density at radius 1 is 1.17 bits per heavy atom. The van der Waals surface area contributed by atoms with Crippen molar-refractivity contribution in [2.24, 2.45) is 5.41 Å². The Labute approximate surface area is 170 Å². The number of carbonyl (C=O) groups excluding carboxylic acids is 1. The van der Waals surface area contributed by atoms with E-state index in [4.69, 9.17) is 0 Å². The number of allylic oxidation sites excluding steroid dienone is 1. The van der Waals surface area contributed by atoms with Crippen LogP contribution < -0.4 is 5.32 Å². The van der Waals surface area contributed by atoms with Gasteiger partial charge in [0.25, 0.3) is 0 Å². The topological polar surface area (TPSA) is 46.9 Å². The van der Waals surface area contributed by atoms with E-state index in [2.05, 4.69) is 29.5 Å². The fourth-order valence-electron chi connectivity index (χ4n) is 3.77. The Hall–Kier alpha value is -3.21. The fourth-order valence-corrected chi connectivity index (χ4v) is 3.77. The van der Waals surface area contributed by atoms with Crippen molar-refractivity contribution in [2.75, 3.05) is 6.54 Å². The van der Waals surface area contributed by atoms with Gasteiger partial charge in [-0.3, -0.25) is 4.79 Å². The second-order valence-electron chi connectivity index (χ2n) is 7.87. The molecule has 1 amide bonds. The van der Waals surface area contributed by atoms with Gasteiger partial charge >= 0.3 is 0 Å². The average molecular weight is 389 g/mol. The van der Waals surface area contributed by atoms with Gasteiger partial charge in [-0.2, -0.15) is 5.10 Å². The Morgan fingerprint density at radius 3 is 2.69 bits per heavy atom. The summed E-state index contributed by atoms with van der Waals surface area (Å²) >= 11 is 0. The molecule has 2 aromatic carbocycles. The van der Waals surface area contributed by atoms with Crippen LogP contribution in [0, 0.1) is 11.2 Å². The molecular formula is C24H24FN3O. The van der Waals surface area contributed by atoms with Gasteiger partial charge in [0.2, 0.25) is 5.91 Å². The quantitative estimate of drug-likeness (QED) is 0.682. The summed E-state index contributed by atoms with van der Waals surface area (Å²) in [5.74, 6) is -0.211. The van der Waals surface area contributed by atoms with Crippen LogP contribution in [0.2, 0.25) is 0 Å². The van der Waals surface area contributed by atoms with Gasteiger partial charge in [0.05, 0.1) is 24.0 Å². The predicted molar refractivity (Wildman–Crippen MR) is 112 cm³/mol. The molecule has 1 atom stereocenters. The number of hydrogen-bond donors (Lipinski definition) is 1. The van der Waals surface area contributed by atoms with Crippen molar-refractivity contribution in [1.82, 2.24) is 15.1 Å². The minimum atomic E-state index is -0.257. The zero-order chi connectivity index (χ0) is 20.3. The monoisotopic (exact) mass is 389 g/mol. The molecule has 5 heteroatoms. The van der Waals surface area contributed by atoms with E-state index in [1.165, 1.54) is 12.1 Å². The molecule has 1 aliphatic rings. The third-order valence-electron chi connectivity index (χ3n) is 5.42. The molecule has 0 radical (unpaired) electrons. The van der Waals surface area contributed by atoms with Gasteiger partial charge in [-0.05, 0) is 59.7 Å². The van der Waals surface area contributed by atoms with Crippen LogP contribution in [-0.4, -0.2) is 22.2 Å². The molecule has 4 rings (SSSR count). The van der Waals surface area contributed by atoms with Gasteiger partial charge in [0, 0.05) is 6.54 Å². The summed E-state index contributed by atoms with van der Waals surface area (Å²) in [6.45, 7) is 2.83. The van der Waals surface area contributed by atoms with Crippen molar-refractivity contribution in [2.45, 2.75) is 26.2 Å². The molecule has 3 aromatic rings. The van der Waals surface area contributed by atoms with Gasteiger partial charge < -0.3 is 5.32 Å². The third-order valence-corrected chi connectivity index (χ3v) is 5.42. The van der Waals surface area contributed by atoms with E-state index >= 15 is 0 Å². The van der Waals surface area contributed by atoms with E-state index in [0.29, 0.717) is 13.0 Å². The molecule has 1 aliphatic carbocycles. The van der Waals surface area contributed by atoms with Crippen LogP contribution in [0.4, 0.5) is 4.39 Å². The van der Waals surface area contributed by atoms with Gasteiger partial charge in [-0.25, -0.2) is 9.07 Å². The summed E-state index contributed by atoms with van der Waals surface area (Å²) in [5, 5.41) is 7.53. The molecule has 0 saturated carbocycles. The molecule has 0 spiro atoms. The van der Waals surface area contributed by atoms with Gasteiger partial charge in [-0.1, -0.05) is 43.3 Å². The zero-order valence-corrected chi connectivity index (χ0v) is 16.4. The number of amides is 1. The van der Waals surface area contributed by atoms with E-state index in [-0.39, 0.29) is 17.1 Å². The number of benzene rings is 2. The molecule has 29 heavy (non-hydrogen) atoms. The van der Waals surface area contributed by atoms with Crippen molar-refractivity contribution >= 4 is 12.0 Å². The highest BCUT2D eigenvalue weighted by Gasteiger charge is 2.28. The van der Waals surface area contributed by atoms with Crippen LogP contribution in [0.1, 0.15) is 30.2 Å². The number of aromatic nitrogens is 2. The van der Waals surface area contributed by atoms with Crippen LogP contribution in [0.25, 0.3) is 11.8 Å². The van der Waals surface area contributed by atoms with Crippen LogP contribution in [-0.2, 0) is 17.6 Å². The summed E-state index contributed by atoms with van der Waals surface area (Å²) < 4.78 is 15.0. The SMILES string of the molecule is CC1(CCNC(=O)Cc2ccccc2)C=Cc2c(cnn2-c2ccc(F)cc2)C1. The Bertz CT molecular complexity index is 1020. The van der Waals surface area contributed by atoms with Crippen molar-refractivity contribution in [3.8, 4) is 5.69 Å². The molecule has 1 N–H and O–H groups in total. The number of rotatable bonds is 6. The molecular weight excluding hydrogens is 365 g/mol. The van der Waals surface area contributed by atoms with Crippen molar-refractivity contribution in [1.29, 1.82) is 0 Å². The van der Waals surface area contributed by atoms with Crippen molar-refractivity contribution in [3.05, 3.63) is 89.5 Å². The van der Waals surface area contributed by atoms with E-state index in [9.17, 15) is 9.18 Å². The fraction of sp³-hybridized carbons (Fsp3) is 0.250. The predicted octanol–water partition coefficient (Wildman–Crippen LogP) is 4.34. The van der Waals surface area contributed by atoms with Crippen molar-refractivity contribution in [3.63, 3.8) is 0 Å². The summed E-state index contributed by atoms with van der Waals surface area (Å²) in [6.07, 6.45) is 8.28. The highest BCUT2D eigenvalue weighted by atomic mass is 19.1. The molecule has 4 nitrogen and oxygen atoms in total. The van der Waals surface area contributed by atoms with Gasteiger partial charge in [0.15, 0.2) is 0 Å². The van der Waals surface area contributed by atoms with Crippen LogP contribution >= 0.6 is 0 Å². The Morgan fingerprint density at radius 2 is 1.93 bits per heavy atom. The first-order valence-electron chi connectivity index (χ1n) is 9.85. The maximum absolute atomic E-state index is 13.2. The second-order valence-corrected chi connectivity index (χ2v) is 7.87. The minimum Gasteiger partial charge on any atom is -0.356 e. The molecule has 0 aliphatic heterocycles. The minimum absolute atomic E-state index is 0.0380. The maximum Gasteiger partial charge on any atom is 0.224 e. The molecule has 0 bridgehead atoms. The molecule has 1 aromatic heterocycles. The normalized spacial score (nSPS) is 17.7. The average Bonchev–Trinajstić information content (AvgIpc) is 3.12. The number of fused-ring (bicyclic) bond motifs is 1. The number of halogens is 1. The van der Waals surface area contributed by atoms with Crippen LogP contribution in [0.15, 0.2) is 66.9 Å². The van der Waals surface area contributed by atoms with Gasteiger partial charge in [0.1, 0.15) is 5.82 Å². The van der Waals surface area contributed by atoms with E-state index in [1.807, 2.05) is 41.2 Å².